The lowest BCUT2D eigenvalue weighted by Crippen LogP contribution is -2.01. The number of aromatic hydroxyl groups is 2. The van der Waals surface area contributed by atoms with Crippen LogP contribution in [0, 0.1) is 13.8 Å². The van der Waals surface area contributed by atoms with Gasteiger partial charge in [-0.25, -0.2) is 16.8 Å². The summed E-state index contributed by atoms with van der Waals surface area (Å²) in [6.07, 6.45) is 0. The first-order valence-electron chi connectivity index (χ1n) is 10.2. The molecule has 4 aromatic rings. The highest BCUT2D eigenvalue weighted by molar-refractivity contribution is 7.91. The Kier molecular flexibility index (Phi) is 7.44. The SMILES string of the molecule is Cc1ccc(S(=O)(=O)c2ccc(C)cc2)cc1.O=S(=O)(c1ccc(O)cc1)c1cccc(O)c1. The molecule has 0 amide bonds. The van der Waals surface area contributed by atoms with Gasteiger partial charge in [-0.1, -0.05) is 41.5 Å². The minimum absolute atomic E-state index is 0.000131. The van der Waals surface area contributed by atoms with Gasteiger partial charge in [-0.15, -0.1) is 0 Å². The normalized spacial score (nSPS) is 11.4. The summed E-state index contributed by atoms with van der Waals surface area (Å²) in [4.78, 5) is 0.767. The van der Waals surface area contributed by atoms with E-state index < -0.39 is 19.7 Å². The van der Waals surface area contributed by atoms with Gasteiger partial charge in [0, 0.05) is 0 Å². The fraction of sp³-hybridized carbons (Fsp3) is 0.0769. The molecule has 4 aromatic carbocycles. The summed E-state index contributed by atoms with van der Waals surface area (Å²) >= 11 is 0. The Hall–Kier alpha value is -3.62. The van der Waals surface area contributed by atoms with Crippen LogP contribution in [0.2, 0.25) is 0 Å². The van der Waals surface area contributed by atoms with Crippen molar-refractivity contribution in [3.05, 3.63) is 108 Å². The van der Waals surface area contributed by atoms with Crippen molar-refractivity contribution in [1.82, 2.24) is 0 Å². The number of sulfone groups is 2. The third-order valence-corrected chi connectivity index (χ3v) is 8.49. The molecule has 0 atom stereocenters. The molecule has 0 heterocycles. The molecule has 0 saturated carbocycles. The van der Waals surface area contributed by atoms with E-state index in [2.05, 4.69) is 0 Å². The zero-order chi connectivity index (χ0) is 24.9. The molecule has 176 valence electrons. The summed E-state index contributed by atoms with van der Waals surface area (Å²) < 4.78 is 48.7. The van der Waals surface area contributed by atoms with E-state index in [0.29, 0.717) is 9.79 Å². The maximum atomic E-state index is 12.3. The number of hydrogen-bond donors (Lipinski definition) is 2. The van der Waals surface area contributed by atoms with Gasteiger partial charge in [0.05, 0.1) is 19.6 Å². The highest BCUT2D eigenvalue weighted by atomic mass is 32.2. The molecule has 8 heteroatoms. The minimum Gasteiger partial charge on any atom is -0.508 e. The van der Waals surface area contributed by atoms with Crippen LogP contribution in [0.25, 0.3) is 0 Å². The van der Waals surface area contributed by atoms with E-state index in [1.807, 2.05) is 13.8 Å². The second-order valence-electron chi connectivity index (χ2n) is 7.62. The van der Waals surface area contributed by atoms with Gasteiger partial charge >= 0.3 is 0 Å². The summed E-state index contributed by atoms with van der Waals surface area (Å²) in [7, 11) is -7.02. The molecular weight excluding hydrogens is 472 g/mol. The fourth-order valence-electron chi connectivity index (χ4n) is 2.98. The van der Waals surface area contributed by atoms with Crippen molar-refractivity contribution < 1.29 is 27.0 Å². The molecule has 0 saturated heterocycles. The van der Waals surface area contributed by atoms with Crippen molar-refractivity contribution in [3.63, 3.8) is 0 Å². The lowest BCUT2D eigenvalue weighted by molar-refractivity contribution is 0.472. The third kappa shape index (κ3) is 5.84. The first-order chi connectivity index (χ1) is 16.0. The maximum Gasteiger partial charge on any atom is 0.206 e. The average Bonchev–Trinajstić information content (AvgIpc) is 2.80. The number of aryl methyl sites for hydroxylation is 2. The standard InChI is InChI=1S/C14H14O2S.C12H10O4S/c1-11-3-7-13(8-4-11)17(15,16)14-9-5-12(2)6-10-14;13-9-4-6-11(7-5-9)17(15,16)12-3-1-2-10(14)8-12/h3-10H,1-2H3;1-8,13-14H. The smallest absolute Gasteiger partial charge is 0.206 e. The zero-order valence-corrected chi connectivity index (χ0v) is 20.2. The second kappa shape index (κ2) is 10.1. The molecule has 0 aromatic heterocycles. The van der Waals surface area contributed by atoms with Gasteiger partial charge in [0.15, 0.2) is 0 Å². The number of hydrogen-bond acceptors (Lipinski definition) is 6. The average molecular weight is 497 g/mol. The molecule has 2 N–H and O–H groups in total. The lowest BCUT2D eigenvalue weighted by atomic mass is 10.2. The summed E-state index contributed by atoms with van der Waals surface area (Å²) in [5.41, 5.74) is 2.10. The first-order valence-corrected chi connectivity index (χ1v) is 13.2. The number of rotatable bonds is 4. The van der Waals surface area contributed by atoms with Crippen molar-refractivity contribution in [1.29, 1.82) is 0 Å². The molecule has 0 fully saturated rings. The molecule has 0 spiro atoms. The second-order valence-corrected chi connectivity index (χ2v) is 11.5. The minimum atomic E-state index is -3.65. The fourth-order valence-corrected chi connectivity index (χ4v) is 5.54. The Morgan fingerprint density at radius 3 is 1.26 bits per heavy atom. The van der Waals surface area contributed by atoms with E-state index in [1.165, 1.54) is 48.5 Å². The van der Waals surface area contributed by atoms with Gasteiger partial charge in [-0.2, -0.15) is 0 Å². The van der Waals surface area contributed by atoms with Gasteiger partial charge in [0.25, 0.3) is 0 Å². The van der Waals surface area contributed by atoms with E-state index >= 15 is 0 Å². The number of phenolic OH excluding ortho intramolecular Hbond substituents is 2. The quantitative estimate of drug-likeness (QED) is 0.408. The Morgan fingerprint density at radius 2 is 0.853 bits per heavy atom. The molecule has 4 rings (SSSR count). The van der Waals surface area contributed by atoms with Crippen molar-refractivity contribution in [2.75, 3.05) is 0 Å². The summed E-state index contributed by atoms with van der Waals surface area (Å²) in [5, 5.41) is 18.4. The predicted octanol–water partition coefficient (Wildman–Crippen LogP) is 5.07. The molecule has 0 aliphatic heterocycles. The molecule has 6 nitrogen and oxygen atoms in total. The van der Waals surface area contributed by atoms with Crippen molar-refractivity contribution in [3.8, 4) is 11.5 Å². The van der Waals surface area contributed by atoms with E-state index in [1.54, 1.807) is 48.5 Å². The first kappa shape index (κ1) is 25.0. The maximum absolute atomic E-state index is 12.3. The Bertz CT molecular complexity index is 1420. The molecule has 0 aliphatic rings. The van der Waals surface area contributed by atoms with Crippen LogP contribution < -0.4 is 0 Å². The highest BCUT2D eigenvalue weighted by Gasteiger charge is 2.18. The lowest BCUT2D eigenvalue weighted by Gasteiger charge is -2.05. The predicted molar refractivity (Wildman–Crippen MR) is 129 cm³/mol. The third-order valence-electron chi connectivity index (χ3n) is 4.94. The van der Waals surface area contributed by atoms with Crippen LogP contribution in [0.15, 0.2) is 117 Å². The summed E-state index contributed by atoms with van der Waals surface area (Å²) in [5.74, 6) is -0.107. The van der Waals surface area contributed by atoms with Gasteiger partial charge in [-0.3, -0.25) is 0 Å². The zero-order valence-electron chi connectivity index (χ0n) is 18.6. The van der Waals surface area contributed by atoms with Gasteiger partial charge in [0.2, 0.25) is 19.7 Å². The van der Waals surface area contributed by atoms with Crippen LogP contribution in [0.5, 0.6) is 11.5 Å². The van der Waals surface area contributed by atoms with Crippen LogP contribution in [-0.4, -0.2) is 27.0 Å². The van der Waals surface area contributed by atoms with Gasteiger partial charge in [-0.05, 0) is 80.6 Å². The van der Waals surface area contributed by atoms with Crippen LogP contribution in [0.3, 0.4) is 0 Å². The molecule has 0 aliphatic carbocycles. The van der Waals surface area contributed by atoms with Crippen LogP contribution in [0.4, 0.5) is 0 Å². The number of benzene rings is 4. The van der Waals surface area contributed by atoms with Crippen LogP contribution in [0.1, 0.15) is 11.1 Å². The number of phenols is 2. The highest BCUT2D eigenvalue weighted by Crippen LogP contribution is 2.25. The Morgan fingerprint density at radius 1 is 0.471 bits per heavy atom. The summed E-state index contributed by atoms with van der Waals surface area (Å²) in [6, 6.07) is 24.5. The van der Waals surface area contributed by atoms with Crippen LogP contribution >= 0.6 is 0 Å². The largest absolute Gasteiger partial charge is 0.508 e. The van der Waals surface area contributed by atoms with E-state index in [0.717, 1.165) is 11.1 Å². The molecule has 34 heavy (non-hydrogen) atoms. The Balaban J connectivity index is 0.000000191. The van der Waals surface area contributed by atoms with Crippen molar-refractivity contribution in [2.24, 2.45) is 0 Å². The van der Waals surface area contributed by atoms with E-state index in [-0.39, 0.29) is 21.3 Å². The molecule has 0 unspecified atom stereocenters. The van der Waals surface area contributed by atoms with Crippen molar-refractivity contribution >= 4 is 19.7 Å². The molecule has 0 radical (unpaired) electrons. The van der Waals surface area contributed by atoms with Crippen molar-refractivity contribution in [2.45, 2.75) is 33.4 Å². The molecular formula is C26H24O6S2. The monoisotopic (exact) mass is 496 g/mol. The van der Waals surface area contributed by atoms with E-state index in [9.17, 15) is 21.9 Å². The van der Waals surface area contributed by atoms with Crippen LogP contribution in [-0.2, 0) is 19.7 Å². The topological polar surface area (TPSA) is 109 Å². The Labute approximate surface area is 199 Å². The van der Waals surface area contributed by atoms with Gasteiger partial charge < -0.3 is 10.2 Å². The van der Waals surface area contributed by atoms with E-state index in [4.69, 9.17) is 5.11 Å². The molecule has 0 bridgehead atoms. The summed E-state index contributed by atoms with van der Waals surface area (Å²) in [6.45, 7) is 3.87. The van der Waals surface area contributed by atoms with Gasteiger partial charge in [0.1, 0.15) is 11.5 Å².